The van der Waals surface area contributed by atoms with Gasteiger partial charge in [0.15, 0.2) is 11.5 Å². The zero-order valence-corrected chi connectivity index (χ0v) is 13.8. The smallest absolute Gasteiger partial charge is 0.165 e. The monoisotopic (exact) mass is 311 g/mol. The zero-order valence-electron chi connectivity index (χ0n) is 13.8. The van der Waals surface area contributed by atoms with E-state index in [4.69, 9.17) is 15.2 Å². The van der Waals surface area contributed by atoms with Crippen LogP contribution in [-0.4, -0.2) is 13.7 Å². The molecule has 0 aromatic heterocycles. The first kappa shape index (κ1) is 15.9. The molecule has 0 atom stereocenters. The topological polar surface area (TPSA) is 44.5 Å². The van der Waals surface area contributed by atoms with Crippen LogP contribution in [0.25, 0.3) is 0 Å². The molecule has 2 aromatic carbocycles. The van der Waals surface area contributed by atoms with Gasteiger partial charge in [-0.2, -0.15) is 0 Å². The molecule has 0 saturated heterocycles. The summed E-state index contributed by atoms with van der Waals surface area (Å²) >= 11 is 0. The van der Waals surface area contributed by atoms with Crippen molar-refractivity contribution in [2.24, 2.45) is 5.73 Å². The molecule has 3 heteroatoms. The van der Waals surface area contributed by atoms with Crippen LogP contribution in [0.1, 0.15) is 36.8 Å². The Kier molecular flexibility index (Phi) is 4.87. The second kappa shape index (κ2) is 7.05. The van der Waals surface area contributed by atoms with Gasteiger partial charge in [0, 0.05) is 17.5 Å². The lowest BCUT2D eigenvalue weighted by Crippen LogP contribution is -2.32. The third kappa shape index (κ3) is 3.20. The van der Waals surface area contributed by atoms with Gasteiger partial charge in [0.05, 0.1) is 7.11 Å². The van der Waals surface area contributed by atoms with Gasteiger partial charge in [0.25, 0.3) is 0 Å². The standard InChI is InChI=1S/C20H25NO2/c1-22-18-11-7-10-17(20(15-21)12-5-6-13-20)19(18)23-14-16-8-3-2-4-9-16/h2-4,7-11H,5-6,12-15,21H2,1H3. The third-order valence-corrected chi connectivity index (χ3v) is 4.95. The molecule has 0 spiro atoms. The number of hydrogen-bond donors (Lipinski definition) is 1. The van der Waals surface area contributed by atoms with Crippen molar-refractivity contribution in [1.82, 2.24) is 0 Å². The molecule has 0 heterocycles. The second-order valence-electron chi connectivity index (χ2n) is 6.30. The van der Waals surface area contributed by atoms with Crippen LogP contribution in [0.4, 0.5) is 0 Å². The summed E-state index contributed by atoms with van der Waals surface area (Å²) in [5.41, 5.74) is 8.55. The summed E-state index contributed by atoms with van der Waals surface area (Å²) < 4.78 is 11.8. The summed E-state index contributed by atoms with van der Waals surface area (Å²) in [5, 5.41) is 0. The molecule has 122 valence electrons. The molecule has 23 heavy (non-hydrogen) atoms. The molecular formula is C20H25NO2. The van der Waals surface area contributed by atoms with Gasteiger partial charge < -0.3 is 15.2 Å². The van der Waals surface area contributed by atoms with E-state index >= 15 is 0 Å². The maximum Gasteiger partial charge on any atom is 0.165 e. The highest BCUT2D eigenvalue weighted by Gasteiger charge is 2.37. The van der Waals surface area contributed by atoms with E-state index in [1.807, 2.05) is 30.3 Å². The second-order valence-corrected chi connectivity index (χ2v) is 6.30. The molecule has 1 aliphatic carbocycles. The van der Waals surface area contributed by atoms with E-state index in [0.29, 0.717) is 13.2 Å². The average molecular weight is 311 g/mol. The summed E-state index contributed by atoms with van der Waals surface area (Å²) in [4.78, 5) is 0. The maximum absolute atomic E-state index is 6.20. The number of ether oxygens (including phenoxy) is 2. The fraction of sp³-hybridized carbons (Fsp3) is 0.400. The Bertz CT molecular complexity index is 633. The van der Waals surface area contributed by atoms with Gasteiger partial charge in [-0.3, -0.25) is 0 Å². The van der Waals surface area contributed by atoms with Crippen LogP contribution in [0.2, 0.25) is 0 Å². The quantitative estimate of drug-likeness (QED) is 0.875. The number of nitrogens with two attached hydrogens (primary N) is 1. The highest BCUT2D eigenvalue weighted by atomic mass is 16.5. The van der Waals surface area contributed by atoms with Crippen molar-refractivity contribution in [2.75, 3.05) is 13.7 Å². The van der Waals surface area contributed by atoms with E-state index < -0.39 is 0 Å². The first-order valence-corrected chi connectivity index (χ1v) is 8.33. The molecule has 3 rings (SSSR count). The Balaban J connectivity index is 1.93. The average Bonchev–Trinajstić information content (AvgIpc) is 3.10. The first-order chi connectivity index (χ1) is 11.3. The third-order valence-electron chi connectivity index (χ3n) is 4.95. The highest BCUT2D eigenvalue weighted by Crippen LogP contribution is 2.47. The van der Waals surface area contributed by atoms with Crippen LogP contribution in [0.5, 0.6) is 11.5 Å². The molecular weight excluding hydrogens is 286 g/mol. The van der Waals surface area contributed by atoms with Crippen LogP contribution in [0.3, 0.4) is 0 Å². The number of benzene rings is 2. The Hall–Kier alpha value is -2.00. The minimum absolute atomic E-state index is 0.0283. The van der Waals surface area contributed by atoms with Gasteiger partial charge in [0.2, 0.25) is 0 Å². The molecule has 0 amide bonds. The molecule has 1 fully saturated rings. The molecule has 2 N–H and O–H groups in total. The van der Waals surface area contributed by atoms with Crippen molar-refractivity contribution in [1.29, 1.82) is 0 Å². The van der Waals surface area contributed by atoms with E-state index in [1.165, 1.54) is 18.4 Å². The normalized spacial score (nSPS) is 16.3. The molecule has 0 bridgehead atoms. The van der Waals surface area contributed by atoms with Crippen molar-refractivity contribution < 1.29 is 9.47 Å². The molecule has 0 aliphatic heterocycles. The van der Waals surface area contributed by atoms with E-state index in [-0.39, 0.29) is 5.41 Å². The fourth-order valence-electron chi connectivity index (χ4n) is 3.61. The fourth-order valence-corrected chi connectivity index (χ4v) is 3.61. The van der Waals surface area contributed by atoms with Crippen LogP contribution in [-0.2, 0) is 12.0 Å². The summed E-state index contributed by atoms with van der Waals surface area (Å²) in [6, 6.07) is 16.4. The molecule has 0 unspecified atom stereocenters. The Labute approximate surface area is 138 Å². The van der Waals surface area contributed by atoms with Crippen LogP contribution < -0.4 is 15.2 Å². The molecule has 3 nitrogen and oxygen atoms in total. The van der Waals surface area contributed by atoms with E-state index in [1.54, 1.807) is 7.11 Å². The summed E-state index contributed by atoms with van der Waals surface area (Å²) in [7, 11) is 1.69. The zero-order chi connectivity index (χ0) is 16.1. The van der Waals surface area contributed by atoms with Crippen molar-refractivity contribution >= 4 is 0 Å². The van der Waals surface area contributed by atoms with Gasteiger partial charge >= 0.3 is 0 Å². The molecule has 0 radical (unpaired) electrons. The predicted molar refractivity (Wildman–Crippen MR) is 93.0 cm³/mol. The number of methoxy groups -OCH3 is 1. The Morgan fingerprint density at radius 3 is 2.39 bits per heavy atom. The SMILES string of the molecule is COc1cccc(C2(CN)CCCC2)c1OCc1ccccc1. The Morgan fingerprint density at radius 1 is 1.00 bits per heavy atom. The lowest BCUT2D eigenvalue weighted by Gasteiger charge is -2.30. The number of para-hydroxylation sites is 1. The number of rotatable bonds is 6. The van der Waals surface area contributed by atoms with Crippen molar-refractivity contribution in [2.45, 2.75) is 37.7 Å². The lowest BCUT2D eigenvalue weighted by atomic mass is 9.78. The van der Waals surface area contributed by atoms with Crippen molar-refractivity contribution in [3.05, 3.63) is 59.7 Å². The predicted octanol–water partition coefficient (Wildman–Crippen LogP) is 4.04. The minimum atomic E-state index is 0.0283. The van der Waals surface area contributed by atoms with Crippen molar-refractivity contribution in [3.8, 4) is 11.5 Å². The van der Waals surface area contributed by atoms with Gasteiger partial charge in [-0.1, -0.05) is 55.3 Å². The van der Waals surface area contributed by atoms with Crippen LogP contribution >= 0.6 is 0 Å². The molecule has 2 aromatic rings. The lowest BCUT2D eigenvalue weighted by molar-refractivity contribution is 0.272. The van der Waals surface area contributed by atoms with E-state index in [9.17, 15) is 0 Å². The Morgan fingerprint density at radius 2 is 1.74 bits per heavy atom. The minimum Gasteiger partial charge on any atom is -0.493 e. The largest absolute Gasteiger partial charge is 0.493 e. The van der Waals surface area contributed by atoms with Crippen LogP contribution in [0, 0.1) is 0 Å². The van der Waals surface area contributed by atoms with Gasteiger partial charge in [0.1, 0.15) is 6.61 Å². The van der Waals surface area contributed by atoms with Crippen molar-refractivity contribution in [3.63, 3.8) is 0 Å². The van der Waals surface area contributed by atoms with Gasteiger partial charge in [-0.15, -0.1) is 0 Å². The molecule has 1 aliphatic rings. The van der Waals surface area contributed by atoms with Gasteiger partial charge in [-0.25, -0.2) is 0 Å². The van der Waals surface area contributed by atoms with Crippen LogP contribution in [0.15, 0.2) is 48.5 Å². The first-order valence-electron chi connectivity index (χ1n) is 8.33. The summed E-state index contributed by atoms with van der Waals surface area (Å²) in [6.45, 7) is 1.19. The number of hydrogen-bond acceptors (Lipinski definition) is 3. The van der Waals surface area contributed by atoms with E-state index in [0.717, 1.165) is 29.9 Å². The maximum atomic E-state index is 6.20. The molecule has 1 saturated carbocycles. The van der Waals surface area contributed by atoms with E-state index in [2.05, 4.69) is 18.2 Å². The summed E-state index contributed by atoms with van der Waals surface area (Å²) in [6.07, 6.45) is 4.70. The van der Waals surface area contributed by atoms with Gasteiger partial charge in [-0.05, 0) is 24.5 Å². The highest BCUT2D eigenvalue weighted by molar-refractivity contribution is 5.51. The summed E-state index contributed by atoms with van der Waals surface area (Å²) in [5.74, 6) is 1.64.